The fourth-order valence-corrected chi connectivity index (χ4v) is 4.97. The Morgan fingerprint density at radius 2 is 2.06 bits per heavy atom. The normalized spacial score (nSPS) is 27.7. The molecule has 0 saturated carbocycles. The van der Waals surface area contributed by atoms with Crippen molar-refractivity contribution in [1.82, 2.24) is 15.1 Å². The Labute approximate surface area is 185 Å². The van der Waals surface area contributed by atoms with Crippen LogP contribution in [0.25, 0.3) is 0 Å². The summed E-state index contributed by atoms with van der Waals surface area (Å²) in [6, 6.07) is 5.29. The summed E-state index contributed by atoms with van der Waals surface area (Å²) in [4.78, 5) is 29.8. The first-order valence-electron chi connectivity index (χ1n) is 10.6. The number of urea groups is 1. The number of carbonyl (C=O) groups is 2. The molecule has 10 heteroatoms. The summed E-state index contributed by atoms with van der Waals surface area (Å²) in [7, 11) is 0. The largest absolute Gasteiger partial charge is 0.485 e. The van der Waals surface area contributed by atoms with E-state index in [0.717, 1.165) is 5.69 Å². The lowest BCUT2D eigenvalue weighted by molar-refractivity contribution is -0.139. The lowest BCUT2D eigenvalue weighted by Gasteiger charge is -2.46. The Hall–Kier alpha value is -2.26. The van der Waals surface area contributed by atoms with Crippen molar-refractivity contribution in [3.63, 3.8) is 0 Å². The van der Waals surface area contributed by atoms with E-state index in [-0.39, 0.29) is 36.8 Å². The van der Waals surface area contributed by atoms with Crippen LogP contribution in [-0.2, 0) is 9.53 Å². The summed E-state index contributed by atoms with van der Waals surface area (Å²) in [5.41, 5.74) is -0.420. The Bertz CT molecular complexity index is 886. The third kappa shape index (κ3) is 4.01. The van der Waals surface area contributed by atoms with Crippen molar-refractivity contribution in [3.05, 3.63) is 23.2 Å². The predicted molar refractivity (Wildman–Crippen MR) is 112 cm³/mol. The maximum Gasteiger partial charge on any atom is 0.320 e. The van der Waals surface area contributed by atoms with E-state index in [1.165, 1.54) is 0 Å². The van der Waals surface area contributed by atoms with Gasteiger partial charge in [-0.1, -0.05) is 17.7 Å². The molecule has 0 spiro atoms. The number of alkyl halides is 1. The zero-order valence-corrected chi connectivity index (χ0v) is 18.1. The molecular weight excluding hydrogens is 427 g/mol. The molecule has 1 aromatic rings. The van der Waals surface area contributed by atoms with Crippen LogP contribution in [-0.4, -0.2) is 91.5 Å². The summed E-state index contributed by atoms with van der Waals surface area (Å²) >= 11 is 6.51. The zero-order valence-electron chi connectivity index (χ0n) is 17.4. The molecule has 4 saturated heterocycles. The van der Waals surface area contributed by atoms with Gasteiger partial charge in [0.1, 0.15) is 29.2 Å². The average Bonchev–Trinajstić information content (AvgIpc) is 2.68. The van der Waals surface area contributed by atoms with Crippen LogP contribution in [0.5, 0.6) is 5.75 Å². The van der Waals surface area contributed by atoms with Gasteiger partial charge >= 0.3 is 6.03 Å². The molecule has 0 bridgehead atoms. The standard InChI is InChI=1S/C21H26ClFN4O4/c1-21(23)11-27(12-21)15-3-2-4-17(19(15)22)31-13-7-26(8-13)20(29)25-6-5-16-14(9-25)24-18(28)10-30-16/h2-4,13-14,16H,5-12H2,1H3,(H,24,28)/t14-,16?/m1/s1. The number of nitrogens with zero attached hydrogens (tertiary/aromatic N) is 3. The molecule has 4 fully saturated rings. The van der Waals surface area contributed by atoms with Crippen LogP contribution in [0, 0.1) is 0 Å². The Kier molecular flexibility index (Phi) is 5.13. The van der Waals surface area contributed by atoms with Crippen molar-refractivity contribution in [2.45, 2.75) is 37.3 Å². The predicted octanol–water partition coefficient (Wildman–Crippen LogP) is 1.66. The fourth-order valence-electron chi connectivity index (χ4n) is 4.68. The monoisotopic (exact) mass is 452 g/mol. The van der Waals surface area contributed by atoms with Gasteiger partial charge in [-0.05, 0) is 25.5 Å². The number of likely N-dealkylation sites (tertiary alicyclic amines) is 2. The van der Waals surface area contributed by atoms with E-state index in [4.69, 9.17) is 21.1 Å². The van der Waals surface area contributed by atoms with Crippen LogP contribution in [0.1, 0.15) is 13.3 Å². The van der Waals surface area contributed by atoms with Gasteiger partial charge in [-0.15, -0.1) is 0 Å². The molecule has 0 radical (unpaired) electrons. The summed E-state index contributed by atoms with van der Waals surface area (Å²) in [5.74, 6) is 0.410. The minimum absolute atomic E-state index is 0.0229. The minimum atomic E-state index is -1.18. The Morgan fingerprint density at radius 3 is 2.81 bits per heavy atom. The molecule has 1 unspecified atom stereocenters. The number of ether oxygens (including phenoxy) is 2. The summed E-state index contributed by atoms with van der Waals surface area (Å²) < 4.78 is 25.4. The second-order valence-corrected chi connectivity index (χ2v) is 9.42. The number of nitrogens with one attached hydrogen (secondary N) is 1. The van der Waals surface area contributed by atoms with Gasteiger partial charge in [-0.2, -0.15) is 0 Å². The molecule has 2 atom stereocenters. The molecule has 4 aliphatic heterocycles. The number of hydrogen-bond donors (Lipinski definition) is 1. The molecule has 4 aliphatic rings. The molecule has 5 rings (SSSR count). The van der Waals surface area contributed by atoms with Gasteiger partial charge in [0.25, 0.3) is 0 Å². The van der Waals surface area contributed by atoms with E-state index < -0.39 is 5.67 Å². The van der Waals surface area contributed by atoms with Crippen molar-refractivity contribution in [2.75, 3.05) is 50.8 Å². The Balaban J connectivity index is 1.14. The highest BCUT2D eigenvalue weighted by Gasteiger charge is 2.42. The van der Waals surface area contributed by atoms with Crippen LogP contribution in [0.2, 0.25) is 5.02 Å². The molecule has 1 N–H and O–H groups in total. The molecule has 31 heavy (non-hydrogen) atoms. The Morgan fingerprint density at radius 1 is 1.29 bits per heavy atom. The van der Waals surface area contributed by atoms with E-state index >= 15 is 0 Å². The summed E-state index contributed by atoms with van der Waals surface area (Å²) in [6.45, 7) is 4.29. The second-order valence-electron chi connectivity index (χ2n) is 9.04. The second kappa shape index (κ2) is 7.70. The van der Waals surface area contributed by atoms with Crippen LogP contribution in [0.4, 0.5) is 14.9 Å². The van der Waals surface area contributed by atoms with E-state index in [2.05, 4.69) is 5.32 Å². The number of fused-ring (bicyclic) bond motifs is 1. The molecule has 4 heterocycles. The lowest BCUT2D eigenvalue weighted by Crippen LogP contribution is -2.65. The molecule has 3 amide bonds. The molecule has 168 valence electrons. The molecular formula is C21H26ClFN4O4. The van der Waals surface area contributed by atoms with Gasteiger partial charge in [0.05, 0.1) is 44.0 Å². The zero-order chi connectivity index (χ0) is 21.8. The number of piperidine rings is 1. The third-order valence-corrected chi connectivity index (χ3v) is 6.71. The van der Waals surface area contributed by atoms with Gasteiger partial charge in [-0.25, -0.2) is 9.18 Å². The van der Waals surface area contributed by atoms with Gasteiger partial charge in [0.2, 0.25) is 5.91 Å². The number of benzene rings is 1. The number of anilines is 1. The lowest BCUT2D eigenvalue weighted by atomic mass is 9.98. The van der Waals surface area contributed by atoms with Gasteiger partial charge in [0.15, 0.2) is 0 Å². The topological polar surface area (TPSA) is 74.3 Å². The van der Waals surface area contributed by atoms with Crippen LogP contribution < -0.4 is 15.0 Å². The number of hydrogen-bond acceptors (Lipinski definition) is 5. The smallest absolute Gasteiger partial charge is 0.320 e. The van der Waals surface area contributed by atoms with Crippen molar-refractivity contribution in [1.29, 1.82) is 0 Å². The highest BCUT2D eigenvalue weighted by molar-refractivity contribution is 6.34. The van der Waals surface area contributed by atoms with Crippen molar-refractivity contribution >= 4 is 29.2 Å². The number of rotatable bonds is 3. The van der Waals surface area contributed by atoms with E-state index in [9.17, 15) is 14.0 Å². The van der Waals surface area contributed by atoms with E-state index in [1.54, 1.807) is 22.8 Å². The average molecular weight is 453 g/mol. The number of morpholine rings is 1. The van der Waals surface area contributed by atoms with Crippen LogP contribution in [0.3, 0.4) is 0 Å². The fraction of sp³-hybridized carbons (Fsp3) is 0.619. The van der Waals surface area contributed by atoms with Crippen molar-refractivity contribution in [3.8, 4) is 5.75 Å². The van der Waals surface area contributed by atoms with Crippen LogP contribution >= 0.6 is 11.6 Å². The quantitative estimate of drug-likeness (QED) is 0.755. The van der Waals surface area contributed by atoms with E-state index in [0.29, 0.717) is 56.5 Å². The first-order chi connectivity index (χ1) is 14.8. The SMILES string of the molecule is CC1(F)CN(c2cccc(OC3CN(C(=O)N4CCC5OCC(=O)N[C@@H]5C4)C3)c2Cl)C1. The maximum atomic E-state index is 13.8. The summed E-state index contributed by atoms with van der Waals surface area (Å²) in [5, 5.41) is 3.38. The first-order valence-corrected chi connectivity index (χ1v) is 11.0. The molecule has 0 aromatic heterocycles. The first kappa shape index (κ1) is 20.6. The summed E-state index contributed by atoms with van der Waals surface area (Å²) in [6.07, 6.45) is 0.543. The van der Waals surface area contributed by atoms with Gasteiger partial charge in [0, 0.05) is 13.1 Å². The highest BCUT2D eigenvalue weighted by Crippen LogP contribution is 2.40. The maximum absolute atomic E-state index is 13.8. The highest BCUT2D eigenvalue weighted by atomic mass is 35.5. The van der Waals surface area contributed by atoms with Crippen molar-refractivity contribution in [2.24, 2.45) is 0 Å². The molecule has 8 nitrogen and oxygen atoms in total. The van der Waals surface area contributed by atoms with Crippen LogP contribution in [0.15, 0.2) is 18.2 Å². The minimum Gasteiger partial charge on any atom is -0.485 e. The van der Waals surface area contributed by atoms with Crippen molar-refractivity contribution < 1.29 is 23.5 Å². The number of halogens is 2. The third-order valence-electron chi connectivity index (χ3n) is 6.33. The van der Waals surface area contributed by atoms with Gasteiger partial charge in [-0.3, -0.25) is 4.79 Å². The molecule has 0 aliphatic carbocycles. The molecule has 1 aromatic carbocycles. The van der Waals surface area contributed by atoms with E-state index in [1.807, 2.05) is 17.0 Å². The number of amides is 3. The number of carbonyl (C=O) groups excluding carboxylic acids is 2. The van der Waals surface area contributed by atoms with Gasteiger partial charge < -0.3 is 29.5 Å².